The summed E-state index contributed by atoms with van der Waals surface area (Å²) in [5.41, 5.74) is 0.652. The lowest BCUT2D eigenvalue weighted by Crippen LogP contribution is -2.25. The van der Waals surface area contributed by atoms with Gasteiger partial charge >= 0.3 is 6.09 Å². The Bertz CT molecular complexity index is 1360. The van der Waals surface area contributed by atoms with Crippen LogP contribution in [-0.2, 0) is 21.3 Å². The van der Waals surface area contributed by atoms with Gasteiger partial charge in [-0.05, 0) is 75.4 Å². The largest absolute Gasteiger partial charge is 0.449 e. The van der Waals surface area contributed by atoms with Crippen LogP contribution in [0.3, 0.4) is 0 Å². The van der Waals surface area contributed by atoms with E-state index in [2.05, 4.69) is 20.0 Å². The second-order valence-electron chi connectivity index (χ2n) is 8.25. The highest BCUT2D eigenvalue weighted by molar-refractivity contribution is 7.92. The van der Waals surface area contributed by atoms with E-state index in [-0.39, 0.29) is 17.3 Å². The highest BCUT2D eigenvalue weighted by Gasteiger charge is 2.16. The van der Waals surface area contributed by atoms with Crippen LogP contribution < -0.4 is 15.6 Å². The van der Waals surface area contributed by atoms with Gasteiger partial charge in [-0.3, -0.25) is 14.8 Å². The number of amides is 1. The first kappa shape index (κ1) is 26.8. The number of carbonyl (C=O) groups excluding carboxylic acids is 1. The summed E-state index contributed by atoms with van der Waals surface area (Å²) in [6, 6.07) is 13.7. The molecule has 0 saturated carbocycles. The maximum atomic E-state index is 13.4. The smallest absolute Gasteiger partial charge is 0.411 e. The van der Waals surface area contributed by atoms with Gasteiger partial charge < -0.3 is 9.64 Å². The SMILES string of the molecule is CN(C)CCCCOC(=O)Nc1cccc(Cn2nc(NS(=O)(=O)c3cccc(F)c3)ccc2=O)c1. The predicted octanol–water partition coefficient (Wildman–Crippen LogP) is 3.12. The molecule has 3 aromatic rings. The fourth-order valence-corrected chi connectivity index (χ4v) is 4.24. The molecule has 0 atom stereocenters. The van der Waals surface area contributed by atoms with Gasteiger partial charge in [0, 0.05) is 11.8 Å². The van der Waals surface area contributed by atoms with Crippen LogP contribution in [-0.4, -0.2) is 56.4 Å². The molecule has 1 amide bonds. The van der Waals surface area contributed by atoms with E-state index >= 15 is 0 Å². The van der Waals surface area contributed by atoms with Crippen molar-refractivity contribution in [2.45, 2.75) is 24.3 Å². The van der Waals surface area contributed by atoms with Crippen LogP contribution in [0.1, 0.15) is 18.4 Å². The molecule has 1 heterocycles. The zero-order chi connectivity index (χ0) is 26.1. The molecule has 3 rings (SSSR count). The van der Waals surface area contributed by atoms with Crippen LogP contribution in [0.2, 0.25) is 0 Å². The van der Waals surface area contributed by atoms with E-state index in [0.717, 1.165) is 36.2 Å². The van der Waals surface area contributed by atoms with Crippen LogP contribution in [0, 0.1) is 5.82 Å². The standard InChI is InChI=1S/C24H28FN5O5S/c1-29(2)13-3-4-14-35-24(32)26-20-9-5-7-18(15-20)17-30-23(31)12-11-22(27-30)28-36(33,34)21-10-6-8-19(25)16-21/h5-12,15-16H,3-4,13-14,17H2,1-2H3,(H,26,32)(H,27,28). The van der Waals surface area contributed by atoms with Crippen molar-refractivity contribution >= 4 is 27.6 Å². The first-order valence-corrected chi connectivity index (χ1v) is 12.6. The van der Waals surface area contributed by atoms with Gasteiger partial charge in [0.1, 0.15) is 5.82 Å². The highest BCUT2D eigenvalue weighted by Crippen LogP contribution is 2.15. The van der Waals surface area contributed by atoms with E-state index in [9.17, 15) is 22.4 Å². The summed E-state index contributed by atoms with van der Waals surface area (Å²) in [6.07, 6.45) is 1.08. The van der Waals surface area contributed by atoms with Crippen molar-refractivity contribution in [3.05, 3.63) is 82.4 Å². The number of hydrogen-bond donors (Lipinski definition) is 2. The van der Waals surface area contributed by atoms with Crippen molar-refractivity contribution in [3.8, 4) is 0 Å². The minimum Gasteiger partial charge on any atom is -0.449 e. The summed E-state index contributed by atoms with van der Waals surface area (Å²) < 4.78 is 47.0. The van der Waals surface area contributed by atoms with E-state index in [1.54, 1.807) is 24.3 Å². The normalized spacial score (nSPS) is 11.3. The zero-order valence-corrected chi connectivity index (χ0v) is 20.8. The predicted molar refractivity (Wildman–Crippen MR) is 134 cm³/mol. The number of benzene rings is 2. The molecule has 0 aliphatic carbocycles. The lowest BCUT2D eigenvalue weighted by molar-refractivity contribution is 0.158. The molecule has 36 heavy (non-hydrogen) atoms. The summed E-state index contributed by atoms with van der Waals surface area (Å²) >= 11 is 0. The fraction of sp³-hybridized carbons (Fsp3) is 0.292. The van der Waals surface area contributed by atoms with E-state index in [4.69, 9.17) is 4.74 Å². The van der Waals surface area contributed by atoms with Crippen LogP contribution in [0.15, 0.2) is 70.4 Å². The van der Waals surface area contributed by atoms with Crippen molar-refractivity contribution in [3.63, 3.8) is 0 Å². The second kappa shape index (κ2) is 12.3. The Balaban J connectivity index is 1.64. The molecule has 0 bridgehead atoms. The number of ether oxygens (including phenoxy) is 1. The van der Waals surface area contributed by atoms with Gasteiger partial charge in [-0.15, -0.1) is 0 Å². The Hall–Kier alpha value is -3.77. The Kier molecular flexibility index (Phi) is 9.14. The monoisotopic (exact) mass is 517 g/mol. The molecule has 10 nitrogen and oxygen atoms in total. The number of rotatable bonds is 11. The van der Waals surface area contributed by atoms with Crippen LogP contribution in [0.25, 0.3) is 0 Å². The molecule has 192 valence electrons. The first-order valence-electron chi connectivity index (χ1n) is 11.2. The second-order valence-corrected chi connectivity index (χ2v) is 9.93. The quantitative estimate of drug-likeness (QED) is 0.375. The van der Waals surface area contributed by atoms with Gasteiger partial charge in [-0.25, -0.2) is 22.3 Å². The number of unbranched alkanes of at least 4 members (excludes halogenated alkanes) is 1. The molecule has 1 aromatic heterocycles. The molecule has 0 aliphatic heterocycles. The molecule has 2 aromatic carbocycles. The van der Waals surface area contributed by atoms with Crippen molar-refractivity contribution < 1.29 is 22.3 Å². The van der Waals surface area contributed by atoms with E-state index in [1.165, 1.54) is 24.3 Å². The van der Waals surface area contributed by atoms with Crippen molar-refractivity contribution in [2.75, 3.05) is 37.3 Å². The fourth-order valence-electron chi connectivity index (χ4n) is 3.22. The maximum absolute atomic E-state index is 13.4. The molecular weight excluding hydrogens is 489 g/mol. The Labute approximate surface area is 208 Å². The van der Waals surface area contributed by atoms with Crippen molar-refractivity contribution in [1.29, 1.82) is 0 Å². The number of nitrogens with one attached hydrogen (secondary N) is 2. The van der Waals surface area contributed by atoms with E-state index < -0.39 is 27.5 Å². The summed E-state index contributed by atoms with van der Waals surface area (Å²) in [5, 5.41) is 6.71. The highest BCUT2D eigenvalue weighted by atomic mass is 32.2. The minimum atomic E-state index is -4.11. The summed E-state index contributed by atoms with van der Waals surface area (Å²) in [5.74, 6) is -0.802. The molecule has 0 aliphatic rings. The molecule has 2 N–H and O–H groups in total. The van der Waals surface area contributed by atoms with E-state index in [1.807, 2.05) is 14.1 Å². The van der Waals surface area contributed by atoms with Crippen molar-refractivity contribution in [2.24, 2.45) is 0 Å². The van der Waals surface area contributed by atoms with Gasteiger partial charge in [-0.1, -0.05) is 18.2 Å². The van der Waals surface area contributed by atoms with Crippen LogP contribution in [0.5, 0.6) is 0 Å². The maximum Gasteiger partial charge on any atom is 0.411 e. The molecule has 0 fully saturated rings. The lowest BCUT2D eigenvalue weighted by atomic mass is 10.2. The summed E-state index contributed by atoms with van der Waals surface area (Å²) in [7, 11) is -0.150. The average molecular weight is 518 g/mol. The third kappa shape index (κ3) is 8.17. The number of hydrogen-bond acceptors (Lipinski definition) is 7. The van der Waals surface area contributed by atoms with Gasteiger partial charge in [0.15, 0.2) is 5.82 Å². The van der Waals surface area contributed by atoms with Gasteiger partial charge in [0.05, 0.1) is 18.0 Å². The molecule has 0 spiro atoms. The van der Waals surface area contributed by atoms with Gasteiger partial charge in [0.25, 0.3) is 15.6 Å². The van der Waals surface area contributed by atoms with Crippen LogP contribution >= 0.6 is 0 Å². The Morgan fingerprint density at radius 1 is 1.08 bits per heavy atom. The third-order valence-corrected chi connectivity index (χ3v) is 6.30. The molecule has 0 radical (unpaired) electrons. The lowest BCUT2D eigenvalue weighted by Gasteiger charge is -2.11. The molecular formula is C24H28FN5O5S. The van der Waals surface area contributed by atoms with E-state index in [0.29, 0.717) is 17.9 Å². The number of sulfonamides is 1. The topological polar surface area (TPSA) is 123 Å². The number of aromatic nitrogens is 2. The summed E-state index contributed by atoms with van der Waals surface area (Å²) in [4.78, 5) is 26.1. The average Bonchev–Trinajstić information content (AvgIpc) is 2.81. The number of anilines is 2. The number of carbonyl (C=O) groups is 1. The van der Waals surface area contributed by atoms with Crippen LogP contribution in [0.4, 0.5) is 20.7 Å². The third-order valence-electron chi connectivity index (χ3n) is 4.95. The summed E-state index contributed by atoms with van der Waals surface area (Å²) in [6.45, 7) is 1.23. The van der Waals surface area contributed by atoms with Gasteiger partial charge in [0.2, 0.25) is 0 Å². The molecule has 0 saturated heterocycles. The first-order chi connectivity index (χ1) is 17.1. The van der Waals surface area contributed by atoms with Gasteiger partial charge in [-0.2, -0.15) is 5.10 Å². The molecule has 0 unspecified atom stereocenters. The minimum absolute atomic E-state index is 0.0173. The zero-order valence-electron chi connectivity index (χ0n) is 20.0. The molecule has 12 heteroatoms. The number of halogens is 1. The number of nitrogens with zero attached hydrogens (tertiary/aromatic N) is 3. The Morgan fingerprint density at radius 3 is 2.61 bits per heavy atom. The van der Waals surface area contributed by atoms with Crippen molar-refractivity contribution in [1.82, 2.24) is 14.7 Å². The Morgan fingerprint density at radius 2 is 1.86 bits per heavy atom.